The summed E-state index contributed by atoms with van der Waals surface area (Å²) >= 11 is 0. The molecule has 258 valence electrons. The van der Waals surface area contributed by atoms with Gasteiger partial charge >= 0.3 is 0 Å². The van der Waals surface area contributed by atoms with Crippen LogP contribution >= 0.6 is 0 Å². The average Bonchev–Trinajstić information content (AvgIpc) is 3.67. The zero-order valence-corrected chi connectivity index (χ0v) is 29.6. The van der Waals surface area contributed by atoms with Gasteiger partial charge in [-0.05, 0) is 57.6 Å². The predicted octanol–water partition coefficient (Wildman–Crippen LogP) is 13.0. The number of rotatable bonds is 7. The van der Waals surface area contributed by atoms with Crippen LogP contribution in [0.5, 0.6) is 0 Å². The summed E-state index contributed by atoms with van der Waals surface area (Å²) in [5, 5.41) is 1.21. The minimum atomic E-state index is -0.290. The van der Waals surface area contributed by atoms with Crippen LogP contribution < -0.4 is 0 Å². The molecule has 0 spiro atoms. The second-order valence-electron chi connectivity index (χ2n) is 13.3. The number of hydrogen-bond donors (Lipinski definition) is 0. The van der Waals surface area contributed by atoms with Crippen LogP contribution in [0.2, 0.25) is 0 Å². The van der Waals surface area contributed by atoms with E-state index in [1.54, 1.807) is 0 Å². The van der Waals surface area contributed by atoms with Gasteiger partial charge in [-0.1, -0.05) is 182 Å². The van der Waals surface area contributed by atoms with Gasteiger partial charge < -0.3 is 4.57 Å². The van der Waals surface area contributed by atoms with Crippen molar-refractivity contribution in [2.75, 3.05) is 0 Å². The molecule has 10 rings (SSSR count). The van der Waals surface area contributed by atoms with Crippen LogP contribution in [-0.4, -0.2) is 19.5 Å². The van der Waals surface area contributed by atoms with E-state index in [9.17, 15) is 2.74 Å². The van der Waals surface area contributed by atoms with Gasteiger partial charge in [0.1, 0.15) is 0 Å². The summed E-state index contributed by atoms with van der Waals surface area (Å²) in [6, 6.07) is 59.8. The van der Waals surface area contributed by atoms with Crippen LogP contribution in [0, 0.1) is 0 Å². The molecule has 0 atom stereocenters. The highest BCUT2D eigenvalue weighted by molar-refractivity contribution is 6.16. The molecule has 55 heavy (non-hydrogen) atoms. The first-order chi connectivity index (χ1) is 28.9. The lowest BCUT2D eigenvalue weighted by Gasteiger charge is -2.13. The molecule has 2 heterocycles. The topological polar surface area (TPSA) is 43.6 Å². The molecule has 0 saturated carbocycles. The molecule has 0 N–H and O–H groups in total. The summed E-state index contributed by atoms with van der Waals surface area (Å²) in [7, 11) is 0. The molecule has 2 aromatic heterocycles. The van der Waals surface area contributed by atoms with Gasteiger partial charge in [-0.25, -0.2) is 15.0 Å². The molecular weight excluding hydrogens is 669 g/mol. The third kappa shape index (κ3) is 5.96. The molecule has 0 unspecified atom stereocenters. The van der Waals surface area contributed by atoms with E-state index < -0.39 is 0 Å². The van der Waals surface area contributed by atoms with Gasteiger partial charge in [0.15, 0.2) is 17.5 Å². The first-order valence-corrected chi connectivity index (χ1v) is 18.2. The van der Waals surface area contributed by atoms with Gasteiger partial charge in [-0.15, -0.1) is 0 Å². The summed E-state index contributed by atoms with van der Waals surface area (Å²) in [5.74, 6) is 1.55. The monoisotopic (exact) mass is 706 g/mol. The smallest absolute Gasteiger partial charge is 0.164 e. The van der Waals surface area contributed by atoms with Crippen molar-refractivity contribution in [1.29, 1.82) is 0 Å². The fourth-order valence-electron chi connectivity index (χ4n) is 7.42. The van der Waals surface area contributed by atoms with E-state index in [0.29, 0.717) is 34.1 Å². The average molecular weight is 707 g/mol. The van der Waals surface area contributed by atoms with Crippen molar-refractivity contribution in [1.82, 2.24) is 19.5 Å². The van der Waals surface area contributed by atoms with E-state index in [-0.39, 0.29) is 24.2 Å². The van der Waals surface area contributed by atoms with Crippen molar-refractivity contribution >= 4 is 21.8 Å². The van der Waals surface area contributed by atoms with E-state index in [2.05, 4.69) is 48.5 Å². The molecule has 0 saturated heterocycles. The molecule has 4 nitrogen and oxygen atoms in total. The zero-order valence-electron chi connectivity index (χ0n) is 33.6. The minimum absolute atomic E-state index is 0.0848. The summed E-state index contributed by atoms with van der Waals surface area (Å²) < 4.78 is 38.1. The molecule has 0 fully saturated rings. The van der Waals surface area contributed by atoms with Crippen LogP contribution in [0.1, 0.15) is 5.48 Å². The number of para-hydroxylation sites is 1. The van der Waals surface area contributed by atoms with E-state index in [1.807, 2.05) is 138 Å². The standard InChI is InChI=1S/C51H34N4/c1-4-16-35(17-5-1)36-30-32-39(33-31-36)50-52-49(38-20-8-3-9-21-38)53-51(54-50)40-22-14-23-41(34-40)55-46-28-13-12-26-45(46)48-44(27-15-29-47(48)55)43-25-11-10-24-42(43)37-18-6-2-7-19-37/h1-34H/i12D,13D,26D,28D. The number of benzene rings is 8. The Kier molecular flexibility index (Phi) is 7.08. The van der Waals surface area contributed by atoms with Crippen LogP contribution in [0.3, 0.4) is 0 Å². The second kappa shape index (κ2) is 13.8. The van der Waals surface area contributed by atoms with Gasteiger partial charge in [0.2, 0.25) is 0 Å². The largest absolute Gasteiger partial charge is 0.309 e. The highest BCUT2D eigenvalue weighted by Gasteiger charge is 2.19. The van der Waals surface area contributed by atoms with Crippen molar-refractivity contribution in [3.8, 4) is 73.2 Å². The van der Waals surface area contributed by atoms with Crippen molar-refractivity contribution in [3.05, 3.63) is 206 Å². The Balaban J connectivity index is 1.18. The SMILES string of the molecule is [2H]c1c([2H])c([2H])c2c(c1[2H])c1c(-c3ccccc3-c3ccccc3)cccc1n2-c1cccc(-c2nc(-c3ccccc3)nc(-c3ccc(-c4ccccc4)cc3)n2)c1. The molecule has 0 aliphatic rings. The summed E-state index contributed by atoms with van der Waals surface area (Å²) in [5.41, 5.74) is 10.4. The van der Waals surface area contributed by atoms with Crippen molar-refractivity contribution in [2.45, 2.75) is 0 Å². The predicted molar refractivity (Wildman–Crippen MR) is 227 cm³/mol. The maximum Gasteiger partial charge on any atom is 0.164 e. The Bertz CT molecular complexity index is 3190. The lowest BCUT2D eigenvalue weighted by molar-refractivity contribution is 1.07. The maximum absolute atomic E-state index is 9.29. The van der Waals surface area contributed by atoms with Gasteiger partial charge in [0.25, 0.3) is 0 Å². The molecule has 0 amide bonds. The fourth-order valence-corrected chi connectivity index (χ4v) is 7.42. The lowest BCUT2D eigenvalue weighted by atomic mass is 9.92. The van der Waals surface area contributed by atoms with Crippen LogP contribution in [-0.2, 0) is 0 Å². The Hall–Kier alpha value is -7.43. The lowest BCUT2D eigenvalue weighted by Crippen LogP contribution is -2.01. The molecule has 0 aliphatic heterocycles. The second-order valence-corrected chi connectivity index (χ2v) is 13.3. The number of aromatic nitrogens is 4. The number of nitrogens with zero attached hydrogens (tertiary/aromatic N) is 4. The minimum Gasteiger partial charge on any atom is -0.309 e. The summed E-state index contributed by atoms with van der Waals surface area (Å²) in [4.78, 5) is 15.0. The highest BCUT2D eigenvalue weighted by Crippen LogP contribution is 2.42. The Morgan fingerprint density at radius 3 is 1.56 bits per heavy atom. The van der Waals surface area contributed by atoms with Gasteiger partial charge in [0, 0.05) is 33.2 Å². The Morgan fingerprint density at radius 2 is 0.855 bits per heavy atom. The quantitative estimate of drug-likeness (QED) is 0.166. The van der Waals surface area contributed by atoms with Gasteiger partial charge in [-0.3, -0.25) is 0 Å². The van der Waals surface area contributed by atoms with Crippen LogP contribution in [0.25, 0.3) is 95.0 Å². The molecule has 8 aromatic carbocycles. The Labute approximate surface area is 325 Å². The zero-order chi connectivity index (χ0) is 40.0. The molecular formula is C51H34N4. The maximum atomic E-state index is 9.29. The molecule has 4 heteroatoms. The molecule has 10 aromatic rings. The van der Waals surface area contributed by atoms with Gasteiger partial charge in [0.05, 0.1) is 16.5 Å². The van der Waals surface area contributed by atoms with E-state index in [1.165, 1.54) is 0 Å². The summed E-state index contributed by atoms with van der Waals surface area (Å²) in [6.07, 6.45) is 0. The van der Waals surface area contributed by atoms with E-state index >= 15 is 0 Å². The summed E-state index contributed by atoms with van der Waals surface area (Å²) in [6.45, 7) is 0. The van der Waals surface area contributed by atoms with Crippen molar-refractivity contribution in [2.24, 2.45) is 0 Å². The number of hydrogen-bond acceptors (Lipinski definition) is 3. The highest BCUT2D eigenvalue weighted by atomic mass is 15.0. The third-order valence-corrected chi connectivity index (χ3v) is 10.0. The van der Waals surface area contributed by atoms with Crippen LogP contribution in [0.4, 0.5) is 0 Å². The fraction of sp³-hybridized carbons (Fsp3) is 0. The molecule has 0 aliphatic carbocycles. The first kappa shape index (κ1) is 28.1. The third-order valence-electron chi connectivity index (χ3n) is 10.0. The first-order valence-electron chi connectivity index (χ1n) is 20.2. The van der Waals surface area contributed by atoms with E-state index in [0.717, 1.165) is 61.0 Å². The number of fused-ring (bicyclic) bond motifs is 3. The van der Waals surface area contributed by atoms with Crippen LogP contribution in [0.15, 0.2) is 206 Å². The van der Waals surface area contributed by atoms with Gasteiger partial charge in [-0.2, -0.15) is 0 Å². The molecule has 0 bridgehead atoms. The van der Waals surface area contributed by atoms with Crippen molar-refractivity contribution in [3.63, 3.8) is 0 Å². The Morgan fingerprint density at radius 1 is 0.364 bits per heavy atom. The van der Waals surface area contributed by atoms with E-state index in [4.69, 9.17) is 17.7 Å². The normalized spacial score (nSPS) is 12.3. The molecule has 0 radical (unpaired) electrons. The van der Waals surface area contributed by atoms with Crippen molar-refractivity contribution < 1.29 is 5.48 Å².